The van der Waals surface area contributed by atoms with E-state index >= 15 is 0 Å². The van der Waals surface area contributed by atoms with E-state index in [4.69, 9.17) is 0 Å². The summed E-state index contributed by atoms with van der Waals surface area (Å²) < 4.78 is 27.7. The van der Waals surface area contributed by atoms with Crippen molar-refractivity contribution >= 4 is 15.9 Å². The molecule has 30 heavy (non-hydrogen) atoms. The standard InChI is InChI=1S/C23H29N3O3S/c1-18(19-6-3-2-4-7-19)24-23(27)17-25-12-14-26(15-13-25)30(28,29)22-11-10-20-8-5-9-21(20)16-22/h2-4,6-7,10-11,16,18H,5,8-9,12-15,17H2,1H3,(H,24,27)/p+1/t18-/m0/s1. The van der Waals surface area contributed by atoms with Crippen LogP contribution in [0, 0.1) is 0 Å². The lowest BCUT2D eigenvalue weighted by atomic mass is 10.1. The first-order valence-electron chi connectivity index (χ1n) is 10.7. The molecule has 160 valence electrons. The maximum atomic E-state index is 13.1. The van der Waals surface area contributed by atoms with E-state index in [-0.39, 0.29) is 11.9 Å². The van der Waals surface area contributed by atoms with Crippen molar-refractivity contribution in [2.75, 3.05) is 32.7 Å². The van der Waals surface area contributed by atoms with Gasteiger partial charge in [0.2, 0.25) is 10.0 Å². The second-order valence-corrected chi connectivity index (χ2v) is 10.3. The van der Waals surface area contributed by atoms with Gasteiger partial charge in [0.05, 0.1) is 37.1 Å². The zero-order valence-corrected chi connectivity index (χ0v) is 18.2. The van der Waals surface area contributed by atoms with Crippen LogP contribution in [0.5, 0.6) is 0 Å². The number of carbonyl (C=O) groups is 1. The first-order chi connectivity index (χ1) is 14.4. The van der Waals surface area contributed by atoms with E-state index < -0.39 is 10.0 Å². The van der Waals surface area contributed by atoms with E-state index in [9.17, 15) is 13.2 Å². The molecule has 7 heteroatoms. The fraction of sp³-hybridized carbons (Fsp3) is 0.435. The molecule has 0 saturated carbocycles. The highest BCUT2D eigenvalue weighted by Gasteiger charge is 2.32. The van der Waals surface area contributed by atoms with Crippen molar-refractivity contribution in [3.8, 4) is 0 Å². The molecule has 1 amide bonds. The summed E-state index contributed by atoms with van der Waals surface area (Å²) in [5.74, 6) is -0.00344. The van der Waals surface area contributed by atoms with Gasteiger partial charge in [-0.3, -0.25) is 4.79 Å². The molecule has 0 radical (unpaired) electrons. The quantitative estimate of drug-likeness (QED) is 0.720. The highest BCUT2D eigenvalue weighted by molar-refractivity contribution is 7.89. The van der Waals surface area contributed by atoms with Gasteiger partial charge in [0, 0.05) is 0 Å². The van der Waals surface area contributed by atoms with Crippen LogP contribution in [0.1, 0.15) is 36.1 Å². The third-order valence-electron chi connectivity index (χ3n) is 6.22. The summed E-state index contributed by atoms with van der Waals surface area (Å²) in [5.41, 5.74) is 3.52. The Balaban J connectivity index is 1.31. The average Bonchev–Trinajstić information content (AvgIpc) is 3.22. The van der Waals surface area contributed by atoms with E-state index in [1.165, 1.54) is 11.1 Å². The maximum absolute atomic E-state index is 13.1. The second kappa shape index (κ2) is 8.88. The number of benzene rings is 2. The summed E-state index contributed by atoms with van der Waals surface area (Å²) in [6.07, 6.45) is 3.11. The molecule has 2 N–H and O–H groups in total. The van der Waals surface area contributed by atoms with Gasteiger partial charge in [-0.2, -0.15) is 4.31 Å². The van der Waals surface area contributed by atoms with Gasteiger partial charge in [0.25, 0.3) is 5.91 Å². The molecule has 1 heterocycles. The van der Waals surface area contributed by atoms with Gasteiger partial charge >= 0.3 is 0 Å². The second-order valence-electron chi connectivity index (χ2n) is 8.31. The van der Waals surface area contributed by atoms with Crippen LogP contribution in [0.25, 0.3) is 0 Å². The monoisotopic (exact) mass is 428 g/mol. The lowest BCUT2D eigenvalue weighted by molar-refractivity contribution is -0.895. The zero-order chi connectivity index (χ0) is 21.1. The van der Waals surface area contributed by atoms with Crippen LogP contribution in [-0.4, -0.2) is 51.4 Å². The minimum Gasteiger partial charge on any atom is -0.345 e. The van der Waals surface area contributed by atoms with E-state index in [2.05, 4.69) is 5.32 Å². The topological polar surface area (TPSA) is 70.9 Å². The van der Waals surface area contributed by atoms with Gasteiger partial charge in [-0.1, -0.05) is 36.4 Å². The molecule has 4 rings (SSSR count). The van der Waals surface area contributed by atoms with Gasteiger partial charge < -0.3 is 10.2 Å². The Hall–Kier alpha value is -2.22. The van der Waals surface area contributed by atoms with Crippen LogP contribution >= 0.6 is 0 Å². The van der Waals surface area contributed by atoms with Gasteiger partial charge in [-0.05, 0) is 55.0 Å². The minimum atomic E-state index is -3.47. The summed E-state index contributed by atoms with van der Waals surface area (Å²) >= 11 is 0. The summed E-state index contributed by atoms with van der Waals surface area (Å²) in [6, 6.07) is 15.4. The molecule has 1 aliphatic heterocycles. The maximum Gasteiger partial charge on any atom is 0.275 e. The van der Waals surface area contributed by atoms with Gasteiger partial charge in [0.15, 0.2) is 6.54 Å². The third kappa shape index (κ3) is 4.58. The van der Waals surface area contributed by atoms with Crippen LogP contribution in [-0.2, 0) is 27.7 Å². The Morgan fingerprint density at radius 2 is 1.77 bits per heavy atom. The predicted molar refractivity (Wildman–Crippen MR) is 116 cm³/mol. The molecule has 1 saturated heterocycles. The highest BCUT2D eigenvalue weighted by Crippen LogP contribution is 2.26. The van der Waals surface area contributed by atoms with Gasteiger partial charge in [0.1, 0.15) is 0 Å². The number of sulfonamides is 1. The number of fused-ring (bicyclic) bond motifs is 1. The SMILES string of the molecule is C[C@H](NC(=O)C[NH+]1CCN(S(=O)(=O)c2ccc3c(c2)CCC3)CC1)c1ccccc1. The molecule has 0 unspecified atom stereocenters. The lowest BCUT2D eigenvalue weighted by Crippen LogP contribution is -3.15. The molecule has 2 aliphatic rings. The van der Waals surface area contributed by atoms with Crippen LogP contribution in [0.15, 0.2) is 53.4 Å². The normalized spacial score (nSPS) is 18.7. The van der Waals surface area contributed by atoms with Crippen molar-refractivity contribution in [3.05, 3.63) is 65.2 Å². The summed E-state index contributed by atoms with van der Waals surface area (Å²) in [7, 11) is -3.47. The van der Waals surface area contributed by atoms with Gasteiger partial charge in [-0.15, -0.1) is 0 Å². The van der Waals surface area contributed by atoms with Crippen LogP contribution in [0.2, 0.25) is 0 Å². The zero-order valence-electron chi connectivity index (χ0n) is 17.4. The summed E-state index contributed by atoms with van der Waals surface area (Å²) in [6.45, 7) is 4.49. The van der Waals surface area contributed by atoms with E-state index in [0.29, 0.717) is 37.6 Å². The van der Waals surface area contributed by atoms with Crippen molar-refractivity contribution in [1.82, 2.24) is 9.62 Å². The fourth-order valence-corrected chi connectivity index (χ4v) is 5.91. The Bertz CT molecular complexity index is 1000. The number of hydrogen-bond acceptors (Lipinski definition) is 3. The van der Waals surface area contributed by atoms with Crippen molar-refractivity contribution in [3.63, 3.8) is 0 Å². The Kier molecular flexibility index (Phi) is 6.22. The molecular formula is C23H30N3O3S+. The average molecular weight is 429 g/mol. The van der Waals surface area contributed by atoms with Crippen LogP contribution < -0.4 is 10.2 Å². The van der Waals surface area contributed by atoms with E-state index in [0.717, 1.165) is 29.7 Å². The van der Waals surface area contributed by atoms with Crippen LogP contribution in [0.4, 0.5) is 0 Å². The fourth-order valence-electron chi connectivity index (χ4n) is 4.42. The molecule has 1 fully saturated rings. The first kappa shape index (κ1) is 21.0. The Labute approximate surface area is 178 Å². The van der Waals surface area contributed by atoms with E-state index in [1.807, 2.05) is 49.4 Å². The Morgan fingerprint density at radius 1 is 1.07 bits per heavy atom. The number of aryl methyl sites for hydroxylation is 2. The number of nitrogens with zero attached hydrogens (tertiary/aromatic N) is 1. The summed E-state index contributed by atoms with van der Waals surface area (Å²) in [4.78, 5) is 14.0. The predicted octanol–water partition coefficient (Wildman–Crippen LogP) is 0.942. The Morgan fingerprint density at radius 3 is 2.50 bits per heavy atom. The third-order valence-corrected chi connectivity index (χ3v) is 8.12. The molecule has 2 aromatic carbocycles. The van der Waals surface area contributed by atoms with Gasteiger partial charge in [-0.25, -0.2) is 8.42 Å². The molecule has 0 aromatic heterocycles. The molecule has 0 spiro atoms. The first-order valence-corrected chi connectivity index (χ1v) is 12.2. The minimum absolute atomic E-state index is 0.00344. The largest absolute Gasteiger partial charge is 0.345 e. The number of nitrogens with one attached hydrogen (secondary N) is 2. The molecule has 6 nitrogen and oxygen atoms in total. The van der Waals surface area contributed by atoms with Crippen molar-refractivity contribution < 1.29 is 18.1 Å². The number of amides is 1. The number of carbonyl (C=O) groups excluding carboxylic acids is 1. The molecular weight excluding hydrogens is 398 g/mol. The van der Waals surface area contributed by atoms with Crippen molar-refractivity contribution in [2.45, 2.75) is 37.1 Å². The van der Waals surface area contributed by atoms with Crippen molar-refractivity contribution in [2.24, 2.45) is 0 Å². The molecule has 1 aliphatic carbocycles. The number of rotatable bonds is 6. The lowest BCUT2D eigenvalue weighted by Gasteiger charge is -2.31. The van der Waals surface area contributed by atoms with Crippen LogP contribution in [0.3, 0.4) is 0 Å². The molecule has 0 bridgehead atoms. The van der Waals surface area contributed by atoms with Crippen molar-refractivity contribution in [1.29, 1.82) is 0 Å². The molecule has 2 aromatic rings. The number of piperazine rings is 1. The summed E-state index contributed by atoms with van der Waals surface area (Å²) in [5, 5.41) is 3.04. The number of hydrogen-bond donors (Lipinski definition) is 2. The smallest absolute Gasteiger partial charge is 0.275 e. The molecule has 1 atom stereocenters. The number of quaternary nitrogens is 1. The van der Waals surface area contributed by atoms with E-state index in [1.54, 1.807) is 10.4 Å². The highest BCUT2D eigenvalue weighted by atomic mass is 32.2.